The van der Waals surface area contributed by atoms with Crippen molar-refractivity contribution in [3.8, 4) is 11.3 Å². The number of aromatic amines is 1. The van der Waals surface area contributed by atoms with Crippen LogP contribution in [0.4, 0.5) is 16.0 Å². The molecule has 7 nitrogen and oxygen atoms in total. The maximum Gasteiger partial charge on any atom is 0.231 e. The standard InChI is InChI=1S/C20H21FN6O/c1-11(12-3-5-14(28)6-4-12)26-20-25-10-17(22-2)18(27-20)16-9-24-19-15(16)7-13(21)8-23-19/h7-12,14,28H,3-6H2,1H3,(H,23,24)(H,25,26,27)/t11-,12?,14?/m1/s1. The van der Waals surface area contributed by atoms with Gasteiger partial charge in [-0.1, -0.05) is 0 Å². The highest BCUT2D eigenvalue weighted by Crippen LogP contribution is 2.34. The highest BCUT2D eigenvalue weighted by atomic mass is 19.1. The van der Waals surface area contributed by atoms with Gasteiger partial charge in [-0.3, -0.25) is 0 Å². The van der Waals surface area contributed by atoms with Crippen LogP contribution in [0, 0.1) is 18.3 Å². The normalized spacial score (nSPS) is 20.6. The predicted octanol–water partition coefficient (Wildman–Crippen LogP) is 4.06. The van der Waals surface area contributed by atoms with E-state index in [9.17, 15) is 9.50 Å². The van der Waals surface area contributed by atoms with E-state index in [1.54, 1.807) is 6.20 Å². The zero-order chi connectivity index (χ0) is 19.7. The fraction of sp³-hybridized carbons (Fsp3) is 0.400. The Hall–Kier alpha value is -3.05. The minimum Gasteiger partial charge on any atom is -0.393 e. The number of aliphatic hydroxyl groups is 1. The van der Waals surface area contributed by atoms with Crippen LogP contribution in [0.2, 0.25) is 0 Å². The Kier molecular flexibility index (Phi) is 4.92. The van der Waals surface area contributed by atoms with E-state index in [0.29, 0.717) is 39.8 Å². The molecule has 3 heterocycles. The number of nitrogens with zero attached hydrogens (tertiary/aromatic N) is 4. The molecule has 3 N–H and O–H groups in total. The van der Waals surface area contributed by atoms with Gasteiger partial charge >= 0.3 is 0 Å². The van der Waals surface area contributed by atoms with Crippen LogP contribution in [0.15, 0.2) is 24.7 Å². The van der Waals surface area contributed by atoms with Gasteiger partial charge in [-0.25, -0.2) is 24.2 Å². The first-order valence-corrected chi connectivity index (χ1v) is 9.37. The molecule has 0 bridgehead atoms. The van der Waals surface area contributed by atoms with Crippen LogP contribution in [0.1, 0.15) is 32.6 Å². The molecule has 0 saturated heterocycles. The molecule has 8 heteroatoms. The molecule has 4 rings (SSSR count). The van der Waals surface area contributed by atoms with Gasteiger partial charge in [0.25, 0.3) is 0 Å². The molecule has 1 aliphatic rings. The van der Waals surface area contributed by atoms with Crippen molar-refractivity contribution in [2.45, 2.75) is 44.8 Å². The Morgan fingerprint density at radius 1 is 1.29 bits per heavy atom. The Balaban J connectivity index is 1.65. The lowest BCUT2D eigenvalue weighted by Crippen LogP contribution is -2.31. The molecule has 28 heavy (non-hydrogen) atoms. The van der Waals surface area contributed by atoms with E-state index in [1.807, 2.05) is 0 Å². The average molecular weight is 380 g/mol. The van der Waals surface area contributed by atoms with E-state index in [4.69, 9.17) is 6.57 Å². The van der Waals surface area contributed by atoms with Crippen LogP contribution < -0.4 is 5.32 Å². The van der Waals surface area contributed by atoms with Crippen molar-refractivity contribution in [3.05, 3.63) is 41.9 Å². The third-order valence-electron chi connectivity index (χ3n) is 5.45. The van der Waals surface area contributed by atoms with Gasteiger partial charge in [-0.2, -0.15) is 0 Å². The summed E-state index contributed by atoms with van der Waals surface area (Å²) in [6, 6.07) is 1.52. The largest absolute Gasteiger partial charge is 0.393 e. The summed E-state index contributed by atoms with van der Waals surface area (Å²) in [5.74, 6) is 0.417. The van der Waals surface area contributed by atoms with E-state index in [0.717, 1.165) is 31.9 Å². The highest BCUT2D eigenvalue weighted by Gasteiger charge is 2.25. The molecule has 0 unspecified atom stereocenters. The average Bonchev–Trinajstić information content (AvgIpc) is 3.11. The van der Waals surface area contributed by atoms with Crippen molar-refractivity contribution in [2.75, 3.05) is 5.32 Å². The Morgan fingerprint density at radius 2 is 2.07 bits per heavy atom. The third-order valence-corrected chi connectivity index (χ3v) is 5.45. The van der Waals surface area contributed by atoms with Crippen molar-refractivity contribution >= 4 is 22.7 Å². The third kappa shape index (κ3) is 3.53. The molecule has 0 radical (unpaired) electrons. The van der Waals surface area contributed by atoms with Crippen molar-refractivity contribution in [2.24, 2.45) is 5.92 Å². The second kappa shape index (κ2) is 7.52. The summed E-state index contributed by atoms with van der Waals surface area (Å²) in [5.41, 5.74) is 1.89. The maximum atomic E-state index is 13.7. The van der Waals surface area contributed by atoms with E-state index in [2.05, 4.69) is 37.0 Å². The number of fused-ring (bicyclic) bond motifs is 1. The first kappa shape index (κ1) is 18.3. The summed E-state index contributed by atoms with van der Waals surface area (Å²) in [4.78, 5) is 19.4. The Bertz CT molecular complexity index is 1030. The minimum atomic E-state index is -0.446. The van der Waals surface area contributed by atoms with Gasteiger partial charge < -0.3 is 15.4 Å². The summed E-state index contributed by atoms with van der Waals surface area (Å²) in [7, 11) is 0. The quantitative estimate of drug-likeness (QED) is 0.594. The SMILES string of the molecule is [C-]#[N+]c1cnc(N[C@H](C)C2CCC(O)CC2)nc1-c1c[nH]c2ncc(F)cc12. The van der Waals surface area contributed by atoms with Crippen LogP contribution in [0.3, 0.4) is 0 Å². The predicted molar refractivity (Wildman–Crippen MR) is 104 cm³/mol. The van der Waals surface area contributed by atoms with Crippen LogP contribution in [-0.2, 0) is 0 Å². The van der Waals surface area contributed by atoms with Crippen molar-refractivity contribution in [1.82, 2.24) is 19.9 Å². The summed E-state index contributed by atoms with van der Waals surface area (Å²) < 4.78 is 13.7. The number of aliphatic hydroxyl groups excluding tert-OH is 1. The number of anilines is 1. The maximum absolute atomic E-state index is 13.7. The zero-order valence-electron chi connectivity index (χ0n) is 15.5. The fourth-order valence-corrected chi connectivity index (χ4v) is 3.82. The lowest BCUT2D eigenvalue weighted by atomic mass is 9.83. The second-order valence-corrected chi connectivity index (χ2v) is 7.29. The number of halogens is 1. The molecule has 1 saturated carbocycles. The van der Waals surface area contributed by atoms with Gasteiger partial charge in [-0.15, -0.1) is 0 Å². The van der Waals surface area contributed by atoms with Crippen LogP contribution in [0.25, 0.3) is 27.1 Å². The second-order valence-electron chi connectivity index (χ2n) is 7.29. The van der Waals surface area contributed by atoms with E-state index in [1.165, 1.54) is 12.3 Å². The first-order chi connectivity index (χ1) is 13.5. The van der Waals surface area contributed by atoms with Gasteiger partial charge in [0.2, 0.25) is 11.6 Å². The first-order valence-electron chi connectivity index (χ1n) is 9.37. The van der Waals surface area contributed by atoms with Crippen molar-refractivity contribution in [3.63, 3.8) is 0 Å². The number of aromatic nitrogens is 4. The molecule has 0 spiro atoms. The van der Waals surface area contributed by atoms with Gasteiger partial charge in [0.1, 0.15) is 11.5 Å². The van der Waals surface area contributed by atoms with E-state index < -0.39 is 5.82 Å². The van der Waals surface area contributed by atoms with Crippen LogP contribution in [-0.4, -0.2) is 37.2 Å². The van der Waals surface area contributed by atoms with Gasteiger partial charge in [0.05, 0.1) is 24.6 Å². The summed E-state index contributed by atoms with van der Waals surface area (Å²) in [5, 5.41) is 13.6. The summed E-state index contributed by atoms with van der Waals surface area (Å²) in [6.45, 7) is 9.51. The number of hydrogen-bond acceptors (Lipinski definition) is 5. The molecule has 0 aromatic carbocycles. The Labute approximate surface area is 161 Å². The Morgan fingerprint density at radius 3 is 2.82 bits per heavy atom. The van der Waals surface area contributed by atoms with Gasteiger partial charge in [-0.05, 0) is 44.6 Å². The molecule has 1 atom stereocenters. The van der Waals surface area contributed by atoms with E-state index in [-0.39, 0.29) is 12.1 Å². The lowest BCUT2D eigenvalue weighted by molar-refractivity contribution is 0.105. The van der Waals surface area contributed by atoms with Crippen LogP contribution >= 0.6 is 0 Å². The summed E-state index contributed by atoms with van der Waals surface area (Å²) in [6.07, 6.45) is 7.66. The molecule has 0 aliphatic heterocycles. The molecule has 1 aliphatic carbocycles. The summed E-state index contributed by atoms with van der Waals surface area (Å²) >= 11 is 0. The lowest BCUT2D eigenvalue weighted by Gasteiger charge is -2.30. The number of H-pyrrole nitrogens is 1. The topological polar surface area (TPSA) is 91.1 Å². The highest BCUT2D eigenvalue weighted by molar-refractivity contribution is 5.95. The molecular formula is C20H21FN6O. The molecule has 3 aromatic rings. The van der Waals surface area contributed by atoms with Gasteiger partial charge in [0.15, 0.2) is 0 Å². The monoisotopic (exact) mass is 380 g/mol. The number of rotatable bonds is 4. The van der Waals surface area contributed by atoms with Crippen LogP contribution in [0.5, 0.6) is 0 Å². The molecule has 3 aromatic heterocycles. The smallest absolute Gasteiger partial charge is 0.231 e. The zero-order valence-corrected chi connectivity index (χ0v) is 15.5. The minimum absolute atomic E-state index is 0.140. The fourth-order valence-electron chi connectivity index (χ4n) is 3.82. The molecular weight excluding hydrogens is 359 g/mol. The van der Waals surface area contributed by atoms with E-state index >= 15 is 0 Å². The number of nitrogens with one attached hydrogen (secondary N) is 2. The van der Waals surface area contributed by atoms with Crippen molar-refractivity contribution in [1.29, 1.82) is 0 Å². The van der Waals surface area contributed by atoms with Gasteiger partial charge in [0, 0.05) is 29.4 Å². The molecule has 0 amide bonds. The van der Waals surface area contributed by atoms with Crippen molar-refractivity contribution < 1.29 is 9.50 Å². The molecule has 144 valence electrons. The number of pyridine rings is 1. The number of hydrogen-bond donors (Lipinski definition) is 3. The molecule has 1 fully saturated rings.